The summed E-state index contributed by atoms with van der Waals surface area (Å²) in [4.78, 5) is 4.58. The Hall–Kier alpha value is -2.87. The summed E-state index contributed by atoms with van der Waals surface area (Å²) < 4.78 is 2.32. The van der Waals surface area contributed by atoms with E-state index in [0.29, 0.717) is 0 Å². The van der Waals surface area contributed by atoms with E-state index < -0.39 is 0 Å². The molecule has 0 saturated heterocycles. The van der Waals surface area contributed by atoms with E-state index in [1.807, 2.05) is 12.3 Å². The van der Waals surface area contributed by atoms with E-state index in [9.17, 15) is 0 Å². The second-order valence-corrected chi connectivity index (χ2v) is 6.33. The Morgan fingerprint density at radius 2 is 1.71 bits per heavy atom. The summed E-state index contributed by atoms with van der Waals surface area (Å²) >= 11 is 0. The monoisotopic (exact) mass is 312 g/mol. The highest BCUT2D eigenvalue weighted by Crippen LogP contribution is 2.17. The molecule has 0 saturated carbocycles. The molecule has 0 spiro atoms. The average molecular weight is 312 g/mol. The van der Waals surface area contributed by atoms with Crippen LogP contribution in [0.3, 0.4) is 0 Å². The largest absolute Gasteiger partial charge is 0.347 e. The van der Waals surface area contributed by atoms with Crippen molar-refractivity contribution in [3.63, 3.8) is 0 Å². The smallest absolute Gasteiger partial charge is 0.0702 e. The van der Waals surface area contributed by atoms with Gasteiger partial charge in [-0.2, -0.15) is 0 Å². The lowest BCUT2D eigenvalue weighted by molar-refractivity contribution is 0.758. The summed E-state index contributed by atoms with van der Waals surface area (Å²) in [6.07, 6.45) is 5.05. The zero-order valence-electron chi connectivity index (χ0n) is 13.8. The standard InChI is InChI=1S/C22H20N2/c1-17-8-10-18(11-9-17)16-24-12-4-6-21(24)14-19-13-20-5-2-3-7-22(20)23-15-19/h2-13,15H,14,16H2,1H3. The van der Waals surface area contributed by atoms with Gasteiger partial charge in [-0.15, -0.1) is 0 Å². The first kappa shape index (κ1) is 14.7. The van der Waals surface area contributed by atoms with E-state index in [-0.39, 0.29) is 0 Å². The molecule has 2 heterocycles. The molecular formula is C22H20N2. The van der Waals surface area contributed by atoms with Gasteiger partial charge in [-0.25, -0.2) is 0 Å². The summed E-state index contributed by atoms with van der Waals surface area (Å²) in [5.74, 6) is 0. The number of rotatable bonds is 4. The molecule has 4 rings (SSSR count). The topological polar surface area (TPSA) is 17.8 Å². The normalized spacial score (nSPS) is 11.0. The lowest BCUT2D eigenvalue weighted by Gasteiger charge is -2.10. The highest BCUT2D eigenvalue weighted by atomic mass is 15.0. The van der Waals surface area contributed by atoms with E-state index in [1.165, 1.54) is 27.8 Å². The first-order valence-corrected chi connectivity index (χ1v) is 8.31. The van der Waals surface area contributed by atoms with Crippen molar-refractivity contribution in [2.45, 2.75) is 19.9 Å². The van der Waals surface area contributed by atoms with Crippen LogP contribution in [0.4, 0.5) is 0 Å². The molecule has 0 unspecified atom stereocenters. The van der Waals surface area contributed by atoms with Crippen LogP contribution in [0.5, 0.6) is 0 Å². The minimum absolute atomic E-state index is 0.899. The molecule has 0 fully saturated rings. The predicted octanol–water partition coefficient (Wildman–Crippen LogP) is 4.98. The molecule has 2 nitrogen and oxygen atoms in total. The number of hydrogen-bond donors (Lipinski definition) is 0. The van der Waals surface area contributed by atoms with Gasteiger partial charge in [-0.05, 0) is 42.3 Å². The van der Waals surface area contributed by atoms with Crippen LogP contribution in [0.25, 0.3) is 10.9 Å². The van der Waals surface area contributed by atoms with E-state index in [0.717, 1.165) is 18.5 Å². The quantitative estimate of drug-likeness (QED) is 0.519. The van der Waals surface area contributed by atoms with E-state index in [4.69, 9.17) is 0 Å². The highest BCUT2D eigenvalue weighted by Gasteiger charge is 2.05. The molecule has 0 radical (unpaired) electrons. The van der Waals surface area contributed by atoms with Crippen molar-refractivity contribution in [3.05, 3.63) is 102 Å². The highest BCUT2D eigenvalue weighted by molar-refractivity contribution is 5.78. The molecule has 0 atom stereocenters. The molecule has 0 amide bonds. The first-order chi connectivity index (χ1) is 11.8. The number of fused-ring (bicyclic) bond motifs is 1. The van der Waals surface area contributed by atoms with Crippen molar-refractivity contribution >= 4 is 10.9 Å². The fourth-order valence-electron chi connectivity index (χ4n) is 3.08. The van der Waals surface area contributed by atoms with Gasteiger partial charge >= 0.3 is 0 Å². The maximum Gasteiger partial charge on any atom is 0.0702 e. The van der Waals surface area contributed by atoms with Gasteiger partial charge in [0, 0.05) is 36.4 Å². The third-order valence-electron chi connectivity index (χ3n) is 4.43. The molecule has 0 aliphatic carbocycles. The van der Waals surface area contributed by atoms with Gasteiger partial charge in [0.25, 0.3) is 0 Å². The number of nitrogens with zero attached hydrogens (tertiary/aromatic N) is 2. The van der Waals surface area contributed by atoms with Crippen LogP contribution in [-0.4, -0.2) is 9.55 Å². The van der Waals surface area contributed by atoms with Crippen LogP contribution in [-0.2, 0) is 13.0 Å². The second kappa shape index (κ2) is 6.32. The molecule has 118 valence electrons. The third-order valence-corrected chi connectivity index (χ3v) is 4.43. The number of aryl methyl sites for hydroxylation is 1. The number of hydrogen-bond acceptors (Lipinski definition) is 1. The first-order valence-electron chi connectivity index (χ1n) is 8.31. The van der Waals surface area contributed by atoms with Crippen molar-refractivity contribution < 1.29 is 0 Å². The molecule has 2 aromatic carbocycles. The summed E-state index contributed by atoms with van der Waals surface area (Å²) in [6, 6.07) is 23.6. The molecule has 4 aromatic rings. The lowest BCUT2D eigenvalue weighted by Crippen LogP contribution is -2.04. The fraction of sp³-hybridized carbons (Fsp3) is 0.136. The van der Waals surface area contributed by atoms with Crippen LogP contribution >= 0.6 is 0 Å². The number of para-hydroxylation sites is 1. The van der Waals surface area contributed by atoms with Crippen LogP contribution in [0.15, 0.2) is 79.1 Å². The van der Waals surface area contributed by atoms with Gasteiger partial charge in [0.05, 0.1) is 5.52 Å². The maximum absolute atomic E-state index is 4.58. The van der Waals surface area contributed by atoms with Crippen molar-refractivity contribution in [2.24, 2.45) is 0 Å². The maximum atomic E-state index is 4.58. The van der Waals surface area contributed by atoms with E-state index in [2.05, 4.69) is 83.3 Å². The summed E-state index contributed by atoms with van der Waals surface area (Å²) in [5, 5.41) is 1.20. The lowest BCUT2D eigenvalue weighted by atomic mass is 10.1. The zero-order valence-corrected chi connectivity index (χ0v) is 13.8. The second-order valence-electron chi connectivity index (χ2n) is 6.33. The summed E-state index contributed by atoms with van der Waals surface area (Å²) in [7, 11) is 0. The Morgan fingerprint density at radius 3 is 2.58 bits per heavy atom. The summed E-state index contributed by atoms with van der Waals surface area (Å²) in [6.45, 7) is 3.03. The molecule has 0 bridgehead atoms. The van der Waals surface area contributed by atoms with Gasteiger partial charge in [-0.3, -0.25) is 4.98 Å². The molecule has 2 aromatic heterocycles. The zero-order chi connectivity index (χ0) is 16.4. The Bertz CT molecular complexity index is 965. The Labute approximate surface area is 142 Å². The average Bonchev–Trinajstić information content (AvgIpc) is 3.04. The fourth-order valence-corrected chi connectivity index (χ4v) is 3.08. The van der Waals surface area contributed by atoms with Gasteiger partial charge in [-0.1, -0.05) is 48.0 Å². The molecule has 0 N–H and O–H groups in total. The summed E-state index contributed by atoms with van der Waals surface area (Å²) in [5.41, 5.74) is 6.24. The minimum atomic E-state index is 0.899. The Morgan fingerprint density at radius 1 is 0.875 bits per heavy atom. The third kappa shape index (κ3) is 3.09. The van der Waals surface area contributed by atoms with Crippen LogP contribution in [0, 0.1) is 6.92 Å². The number of pyridine rings is 1. The predicted molar refractivity (Wildman–Crippen MR) is 99.3 cm³/mol. The van der Waals surface area contributed by atoms with Crippen LogP contribution < -0.4 is 0 Å². The van der Waals surface area contributed by atoms with Crippen molar-refractivity contribution in [1.82, 2.24) is 9.55 Å². The van der Waals surface area contributed by atoms with E-state index in [1.54, 1.807) is 0 Å². The van der Waals surface area contributed by atoms with Gasteiger partial charge in [0.1, 0.15) is 0 Å². The molecule has 24 heavy (non-hydrogen) atoms. The minimum Gasteiger partial charge on any atom is -0.347 e. The van der Waals surface area contributed by atoms with Crippen molar-refractivity contribution in [2.75, 3.05) is 0 Å². The molecule has 0 aliphatic rings. The van der Waals surface area contributed by atoms with Crippen molar-refractivity contribution in [3.8, 4) is 0 Å². The van der Waals surface area contributed by atoms with Crippen LogP contribution in [0.2, 0.25) is 0 Å². The SMILES string of the molecule is Cc1ccc(Cn2cccc2Cc2cnc3ccccc3c2)cc1. The molecular weight excluding hydrogens is 292 g/mol. The number of benzene rings is 2. The number of aromatic nitrogens is 2. The molecule has 2 heteroatoms. The van der Waals surface area contributed by atoms with Crippen LogP contribution in [0.1, 0.15) is 22.4 Å². The van der Waals surface area contributed by atoms with E-state index >= 15 is 0 Å². The van der Waals surface area contributed by atoms with Crippen molar-refractivity contribution in [1.29, 1.82) is 0 Å². The molecule has 0 aliphatic heterocycles. The Balaban J connectivity index is 1.58. The Kier molecular flexibility index (Phi) is 3.87. The van der Waals surface area contributed by atoms with Gasteiger partial charge < -0.3 is 4.57 Å². The van der Waals surface area contributed by atoms with Gasteiger partial charge in [0.15, 0.2) is 0 Å². The van der Waals surface area contributed by atoms with Gasteiger partial charge in [0.2, 0.25) is 0 Å².